The summed E-state index contributed by atoms with van der Waals surface area (Å²) in [7, 11) is 2.00. The molecule has 0 fully saturated rings. The summed E-state index contributed by atoms with van der Waals surface area (Å²) in [4.78, 5) is 3.07. The zero-order valence-electron chi connectivity index (χ0n) is 12.8. The molecule has 4 heteroatoms. The average molecular weight is 289 g/mol. The zero-order valence-corrected chi connectivity index (χ0v) is 13.6. The van der Waals surface area contributed by atoms with Gasteiger partial charge in [-0.3, -0.25) is 4.68 Å². The summed E-state index contributed by atoms with van der Waals surface area (Å²) in [5.74, 6) is 0. The SMILES string of the molecule is Cc1nn(C)c(C)c1NC(C)c1cc2c(s1)CCCC2. The number of thiophene rings is 1. The van der Waals surface area contributed by atoms with Crippen LogP contribution in [0, 0.1) is 13.8 Å². The molecule has 0 amide bonds. The first-order valence-electron chi connectivity index (χ1n) is 7.44. The Bertz CT molecular complexity index is 600. The standard InChI is InChI=1S/C16H23N3S/c1-10(17-16-11(2)18-19(4)12(16)3)15-9-13-7-5-6-8-14(13)20-15/h9-10,17H,5-8H2,1-4H3. The van der Waals surface area contributed by atoms with Crippen LogP contribution in [0.1, 0.15) is 52.5 Å². The first-order valence-corrected chi connectivity index (χ1v) is 8.26. The minimum absolute atomic E-state index is 0.354. The number of hydrogen-bond acceptors (Lipinski definition) is 3. The molecule has 0 saturated heterocycles. The summed E-state index contributed by atoms with van der Waals surface area (Å²) in [6, 6.07) is 2.77. The number of aryl methyl sites for hydroxylation is 4. The third-order valence-electron chi connectivity index (χ3n) is 4.31. The van der Waals surface area contributed by atoms with Gasteiger partial charge in [0.25, 0.3) is 0 Å². The summed E-state index contributed by atoms with van der Waals surface area (Å²) in [5, 5.41) is 8.13. The van der Waals surface area contributed by atoms with Crippen molar-refractivity contribution in [1.82, 2.24) is 9.78 Å². The third-order valence-corrected chi connectivity index (χ3v) is 5.73. The number of anilines is 1. The predicted molar refractivity (Wildman–Crippen MR) is 85.7 cm³/mol. The molecule has 1 aliphatic carbocycles. The van der Waals surface area contributed by atoms with Crippen LogP contribution < -0.4 is 5.32 Å². The van der Waals surface area contributed by atoms with E-state index in [-0.39, 0.29) is 0 Å². The van der Waals surface area contributed by atoms with Crippen molar-refractivity contribution in [2.24, 2.45) is 7.05 Å². The Morgan fingerprint density at radius 2 is 2.05 bits per heavy atom. The van der Waals surface area contributed by atoms with Crippen LogP contribution in [-0.2, 0) is 19.9 Å². The van der Waals surface area contributed by atoms with E-state index >= 15 is 0 Å². The van der Waals surface area contributed by atoms with Crippen LogP contribution in [0.5, 0.6) is 0 Å². The monoisotopic (exact) mass is 289 g/mol. The van der Waals surface area contributed by atoms with Crippen LogP contribution in [0.25, 0.3) is 0 Å². The molecule has 1 unspecified atom stereocenters. The highest BCUT2D eigenvalue weighted by molar-refractivity contribution is 7.12. The largest absolute Gasteiger partial charge is 0.375 e. The van der Waals surface area contributed by atoms with Crippen LogP contribution in [-0.4, -0.2) is 9.78 Å². The van der Waals surface area contributed by atoms with Crippen molar-refractivity contribution in [2.45, 2.75) is 52.5 Å². The van der Waals surface area contributed by atoms with E-state index in [0.29, 0.717) is 6.04 Å². The number of nitrogens with one attached hydrogen (secondary N) is 1. The van der Waals surface area contributed by atoms with Crippen LogP contribution in [0.15, 0.2) is 6.07 Å². The fourth-order valence-corrected chi connectivity index (χ4v) is 4.26. The Labute approximate surface area is 125 Å². The van der Waals surface area contributed by atoms with Gasteiger partial charge in [0.15, 0.2) is 0 Å². The van der Waals surface area contributed by atoms with Crippen molar-refractivity contribution in [3.05, 3.63) is 32.8 Å². The van der Waals surface area contributed by atoms with Gasteiger partial charge in [-0.15, -0.1) is 11.3 Å². The molecule has 2 aromatic rings. The second kappa shape index (κ2) is 5.24. The highest BCUT2D eigenvalue weighted by Gasteiger charge is 2.18. The summed E-state index contributed by atoms with van der Waals surface area (Å²) in [6.45, 7) is 6.44. The second-order valence-corrected chi connectivity index (χ2v) is 7.01. The molecular formula is C16H23N3S. The van der Waals surface area contributed by atoms with E-state index in [9.17, 15) is 0 Å². The maximum atomic E-state index is 4.48. The van der Waals surface area contributed by atoms with Crippen molar-refractivity contribution in [2.75, 3.05) is 5.32 Å². The smallest absolute Gasteiger partial charge is 0.0828 e. The molecule has 2 aromatic heterocycles. The van der Waals surface area contributed by atoms with Crippen molar-refractivity contribution in [3.63, 3.8) is 0 Å². The molecule has 0 saturated carbocycles. The van der Waals surface area contributed by atoms with Crippen LogP contribution in [0.3, 0.4) is 0 Å². The van der Waals surface area contributed by atoms with Gasteiger partial charge in [0, 0.05) is 16.8 Å². The van der Waals surface area contributed by atoms with Crippen LogP contribution in [0.2, 0.25) is 0 Å². The van der Waals surface area contributed by atoms with Gasteiger partial charge in [0.2, 0.25) is 0 Å². The fourth-order valence-electron chi connectivity index (χ4n) is 3.00. The van der Waals surface area contributed by atoms with Gasteiger partial charge >= 0.3 is 0 Å². The summed E-state index contributed by atoms with van der Waals surface area (Å²) in [5.41, 5.74) is 5.06. The molecule has 0 spiro atoms. The van der Waals surface area contributed by atoms with Crippen molar-refractivity contribution >= 4 is 17.0 Å². The van der Waals surface area contributed by atoms with E-state index < -0.39 is 0 Å². The van der Waals surface area contributed by atoms with E-state index in [0.717, 1.165) is 5.69 Å². The minimum atomic E-state index is 0.354. The van der Waals surface area contributed by atoms with E-state index in [1.165, 1.54) is 41.9 Å². The van der Waals surface area contributed by atoms with Crippen LogP contribution >= 0.6 is 11.3 Å². The number of hydrogen-bond donors (Lipinski definition) is 1. The number of nitrogens with zero attached hydrogens (tertiary/aromatic N) is 2. The first kappa shape index (κ1) is 13.7. The van der Waals surface area contributed by atoms with Gasteiger partial charge in [-0.2, -0.15) is 5.10 Å². The third kappa shape index (κ3) is 2.37. The Morgan fingerprint density at radius 1 is 1.30 bits per heavy atom. The molecule has 3 nitrogen and oxygen atoms in total. The van der Waals surface area contributed by atoms with Crippen LogP contribution in [0.4, 0.5) is 5.69 Å². The highest BCUT2D eigenvalue weighted by atomic mass is 32.1. The van der Waals surface area contributed by atoms with Gasteiger partial charge in [0.1, 0.15) is 0 Å². The normalized spacial score (nSPS) is 16.0. The van der Waals surface area contributed by atoms with Crippen molar-refractivity contribution in [3.8, 4) is 0 Å². The maximum absolute atomic E-state index is 4.48. The highest BCUT2D eigenvalue weighted by Crippen LogP contribution is 2.34. The molecule has 1 N–H and O–H groups in total. The second-order valence-electron chi connectivity index (χ2n) is 5.84. The van der Waals surface area contributed by atoms with Gasteiger partial charge in [0.05, 0.1) is 23.1 Å². The molecule has 2 heterocycles. The Kier molecular flexibility index (Phi) is 3.59. The lowest BCUT2D eigenvalue weighted by Crippen LogP contribution is -2.06. The molecule has 20 heavy (non-hydrogen) atoms. The van der Waals surface area contributed by atoms with E-state index in [4.69, 9.17) is 0 Å². The minimum Gasteiger partial charge on any atom is -0.375 e. The topological polar surface area (TPSA) is 29.9 Å². The number of fused-ring (bicyclic) bond motifs is 1. The van der Waals surface area contributed by atoms with E-state index in [1.54, 1.807) is 10.4 Å². The van der Waals surface area contributed by atoms with Crippen molar-refractivity contribution < 1.29 is 0 Å². The summed E-state index contributed by atoms with van der Waals surface area (Å²) in [6.07, 6.45) is 5.25. The number of rotatable bonds is 3. The molecule has 1 aliphatic rings. The molecular weight excluding hydrogens is 266 g/mol. The Hall–Kier alpha value is -1.29. The lowest BCUT2D eigenvalue weighted by molar-refractivity contribution is 0.696. The maximum Gasteiger partial charge on any atom is 0.0828 e. The first-order chi connectivity index (χ1) is 9.56. The number of aromatic nitrogens is 2. The van der Waals surface area contributed by atoms with Gasteiger partial charge in [-0.05, 0) is 58.1 Å². The van der Waals surface area contributed by atoms with Gasteiger partial charge in [-0.25, -0.2) is 0 Å². The average Bonchev–Trinajstić information content (AvgIpc) is 2.95. The fraction of sp³-hybridized carbons (Fsp3) is 0.562. The predicted octanol–water partition coefficient (Wildman–Crippen LogP) is 4.15. The van der Waals surface area contributed by atoms with Crippen molar-refractivity contribution in [1.29, 1.82) is 0 Å². The zero-order chi connectivity index (χ0) is 14.3. The lowest BCUT2D eigenvalue weighted by Gasteiger charge is -2.14. The molecule has 1 atom stereocenters. The summed E-state index contributed by atoms with van der Waals surface area (Å²) < 4.78 is 1.95. The van der Waals surface area contributed by atoms with Gasteiger partial charge < -0.3 is 5.32 Å². The van der Waals surface area contributed by atoms with Gasteiger partial charge in [-0.1, -0.05) is 0 Å². The molecule has 0 bridgehead atoms. The Morgan fingerprint density at radius 3 is 2.70 bits per heavy atom. The van der Waals surface area contributed by atoms with E-state index in [2.05, 4.69) is 37.3 Å². The molecule has 3 rings (SSSR count). The summed E-state index contributed by atoms with van der Waals surface area (Å²) >= 11 is 1.99. The molecule has 0 aromatic carbocycles. The van der Waals surface area contributed by atoms with E-state index in [1.807, 2.05) is 23.1 Å². The quantitative estimate of drug-likeness (QED) is 0.920. The molecule has 0 aliphatic heterocycles. The Balaban J connectivity index is 1.82. The lowest BCUT2D eigenvalue weighted by atomic mass is 9.99. The molecule has 0 radical (unpaired) electrons. The molecule has 108 valence electrons.